The van der Waals surface area contributed by atoms with Gasteiger partial charge in [0.25, 0.3) is 11.6 Å². The highest BCUT2D eigenvalue weighted by molar-refractivity contribution is 9.10. The highest BCUT2D eigenvalue weighted by atomic mass is 79.9. The summed E-state index contributed by atoms with van der Waals surface area (Å²) >= 11 is 3.10. The highest BCUT2D eigenvalue weighted by Crippen LogP contribution is 2.28. The molecule has 0 aromatic heterocycles. The number of halogens is 1. The Bertz CT molecular complexity index is 535. The Morgan fingerprint density at radius 2 is 2.25 bits per heavy atom. The normalized spacial score (nSPS) is 21.7. The highest BCUT2D eigenvalue weighted by Gasteiger charge is 2.24. The average molecular weight is 343 g/mol. The molecule has 1 aliphatic carbocycles. The molecular formula is C13H15BrN2O4. The first-order valence-corrected chi connectivity index (χ1v) is 7.17. The van der Waals surface area contributed by atoms with E-state index in [9.17, 15) is 20.0 Å². The number of hydrogen-bond donors (Lipinski definition) is 2. The van der Waals surface area contributed by atoms with Gasteiger partial charge >= 0.3 is 0 Å². The zero-order valence-electron chi connectivity index (χ0n) is 10.7. The van der Waals surface area contributed by atoms with Gasteiger partial charge in [0.1, 0.15) is 4.47 Å². The van der Waals surface area contributed by atoms with Crippen LogP contribution < -0.4 is 5.32 Å². The van der Waals surface area contributed by atoms with Crippen molar-refractivity contribution in [3.63, 3.8) is 0 Å². The van der Waals surface area contributed by atoms with Gasteiger partial charge in [0.05, 0.1) is 16.6 Å². The van der Waals surface area contributed by atoms with Gasteiger partial charge in [0.15, 0.2) is 0 Å². The molecule has 2 atom stereocenters. The predicted molar refractivity (Wildman–Crippen MR) is 76.5 cm³/mol. The zero-order valence-corrected chi connectivity index (χ0v) is 12.3. The summed E-state index contributed by atoms with van der Waals surface area (Å²) in [5.41, 5.74) is 0.117. The van der Waals surface area contributed by atoms with Crippen LogP contribution in [0.15, 0.2) is 22.7 Å². The molecular weight excluding hydrogens is 328 g/mol. The number of nitro benzene ring substituents is 1. The molecule has 20 heavy (non-hydrogen) atoms. The first-order chi connectivity index (χ1) is 9.49. The van der Waals surface area contributed by atoms with Gasteiger partial charge in [-0.2, -0.15) is 0 Å². The third kappa shape index (κ3) is 3.34. The fourth-order valence-corrected chi connectivity index (χ4v) is 2.99. The second kappa shape index (κ2) is 6.32. The topological polar surface area (TPSA) is 92.5 Å². The Labute approximate surface area is 124 Å². The van der Waals surface area contributed by atoms with Gasteiger partial charge in [-0.05, 0) is 47.2 Å². The lowest BCUT2D eigenvalue weighted by Gasteiger charge is -2.11. The summed E-state index contributed by atoms with van der Waals surface area (Å²) < 4.78 is 0.189. The van der Waals surface area contributed by atoms with Crippen LogP contribution in [-0.2, 0) is 0 Å². The van der Waals surface area contributed by atoms with Crippen molar-refractivity contribution in [1.29, 1.82) is 0 Å². The lowest BCUT2D eigenvalue weighted by atomic mass is 10.1. The number of rotatable bonds is 4. The average Bonchev–Trinajstić information content (AvgIpc) is 2.81. The lowest BCUT2D eigenvalue weighted by molar-refractivity contribution is -0.385. The fourth-order valence-electron chi connectivity index (χ4n) is 2.40. The molecule has 0 heterocycles. The Morgan fingerprint density at radius 3 is 2.85 bits per heavy atom. The van der Waals surface area contributed by atoms with Crippen molar-refractivity contribution in [3.05, 3.63) is 38.3 Å². The molecule has 108 valence electrons. The predicted octanol–water partition coefficient (Wildman–Crippen LogP) is 2.25. The maximum atomic E-state index is 12.1. The molecule has 0 bridgehead atoms. The van der Waals surface area contributed by atoms with Crippen LogP contribution in [0.3, 0.4) is 0 Å². The number of nitro groups is 1. The number of aliphatic hydroxyl groups excluding tert-OH is 1. The van der Waals surface area contributed by atoms with Crippen LogP contribution in [0.5, 0.6) is 0 Å². The third-order valence-corrected chi connectivity index (χ3v) is 4.32. The van der Waals surface area contributed by atoms with Crippen molar-refractivity contribution >= 4 is 27.5 Å². The van der Waals surface area contributed by atoms with E-state index in [4.69, 9.17) is 0 Å². The van der Waals surface area contributed by atoms with Gasteiger partial charge in [0, 0.05) is 12.6 Å². The van der Waals surface area contributed by atoms with E-state index < -0.39 is 4.92 Å². The number of hydrogen-bond acceptors (Lipinski definition) is 4. The summed E-state index contributed by atoms with van der Waals surface area (Å²) in [7, 11) is 0. The summed E-state index contributed by atoms with van der Waals surface area (Å²) in [5.74, 6) is -0.0756. The van der Waals surface area contributed by atoms with Crippen molar-refractivity contribution in [2.24, 2.45) is 5.92 Å². The minimum absolute atomic E-state index is 0.131. The minimum atomic E-state index is -0.534. The summed E-state index contributed by atoms with van der Waals surface area (Å²) in [5, 5.41) is 23.0. The van der Waals surface area contributed by atoms with Crippen LogP contribution in [0.25, 0.3) is 0 Å². The van der Waals surface area contributed by atoms with E-state index in [0.717, 1.165) is 12.8 Å². The number of benzene rings is 1. The SMILES string of the molecule is O=C(NCC1CCC(O)C1)c1cccc([N+](=O)[O-])c1Br. The summed E-state index contributed by atoms with van der Waals surface area (Å²) in [6.07, 6.45) is 2.07. The van der Waals surface area contributed by atoms with Crippen LogP contribution in [0.1, 0.15) is 29.6 Å². The van der Waals surface area contributed by atoms with E-state index in [1.54, 1.807) is 0 Å². The van der Waals surface area contributed by atoms with Crippen LogP contribution in [-0.4, -0.2) is 28.6 Å². The van der Waals surface area contributed by atoms with Crippen molar-refractivity contribution in [1.82, 2.24) is 5.32 Å². The summed E-state index contributed by atoms with van der Waals surface area (Å²) in [6.45, 7) is 0.477. The van der Waals surface area contributed by atoms with Gasteiger partial charge in [-0.3, -0.25) is 14.9 Å². The Balaban J connectivity index is 2.02. The summed E-state index contributed by atoms with van der Waals surface area (Å²) in [4.78, 5) is 22.3. The maximum Gasteiger partial charge on any atom is 0.284 e. The molecule has 2 rings (SSSR count). The van der Waals surface area contributed by atoms with Crippen molar-refractivity contribution in [2.75, 3.05) is 6.54 Å². The molecule has 7 heteroatoms. The number of aliphatic hydroxyl groups is 1. The molecule has 6 nitrogen and oxygen atoms in total. The molecule has 0 radical (unpaired) electrons. The van der Waals surface area contributed by atoms with E-state index in [1.807, 2.05) is 0 Å². The molecule has 1 aromatic rings. The van der Waals surface area contributed by atoms with E-state index in [1.165, 1.54) is 18.2 Å². The van der Waals surface area contributed by atoms with E-state index in [-0.39, 0.29) is 33.7 Å². The molecule has 0 aliphatic heterocycles. The molecule has 0 saturated heterocycles. The summed E-state index contributed by atoms with van der Waals surface area (Å²) in [6, 6.07) is 4.36. The quantitative estimate of drug-likeness (QED) is 0.648. The van der Waals surface area contributed by atoms with Crippen LogP contribution in [0.4, 0.5) is 5.69 Å². The Morgan fingerprint density at radius 1 is 1.50 bits per heavy atom. The van der Waals surface area contributed by atoms with E-state index in [2.05, 4.69) is 21.2 Å². The van der Waals surface area contributed by atoms with Crippen LogP contribution in [0, 0.1) is 16.0 Å². The second-order valence-electron chi connectivity index (χ2n) is 4.94. The molecule has 1 saturated carbocycles. The molecule has 1 fully saturated rings. The standard InChI is InChI=1S/C13H15BrN2O4/c14-12-10(2-1-3-11(12)16(19)20)13(18)15-7-8-4-5-9(17)6-8/h1-3,8-9,17H,4-7H2,(H,15,18). The molecule has 1 amide bonds. The second-order valence-corrected chi connectivity index (χ2v) is 5.73. The zero-order chi connectivity index (χ0) is 14.7. The first kappa shape index (κ1) is 14.9. The van der Waals surface area contributed by atoms with Gasteiger partial charge in [0.2, 0.25) is 0 Å². The number of nitrogens with zero attached hydrogens (tertiary/aromatic N) is 1. The third-order valence-electron chi connectivity index (χ3n) is 3.48. The van der Waals surface area contributed by atoms with E-state index >= 15 is 0 Å². The largest absolute Gasteiger partial charge is 0.393 e. The van der Waals surface area contributed by atoms with Gasteiger partial charge in [-0.15, -0.1) is 0 Å². The molecule has 1 aromatic carbocycles. The Kier molecular flexibility index (Phi) is 4.72. The molecule has 2 N–H and O–H groups in total. The molecule has 2 unspecified atom stereocenters. The number of nitrogens with one attached hydrogen (secondary N) is 1. The van der Waals surface area contributed by atoms with E-state index in [0.29, 0.717) is 13.0 Å². The maximum absolute atomic E-state index is 12.1. The monoisotopic (exact) mass is 342 g/mol. The van der Waals surface area contributed by atoms with Crippen molar-refractivity contribution in [2.45, 2.75) is 25.4 Å². The van der Waals surface area contributed by atoms with Gasteiger partial charge in [-0.25, -0.2) is 0 Å². The molecule has 0 spiro atoms. The molecule has 1 aliphatic rings. The number of carbonyl (C=O) groups excluding carboxylic acids is 1. The Hall–Kier alpha value is -1.47. The minimum Gasteiger partial charge on any atom is -0.393 e. The van der Waals surface area contributed by atoms with Crippen LogP contribution >= 0.6 is 15.9 Å². The smallest absolute Gasteiger partial charge is 0.284 e. The van der Waals surface area contributed by atoms with Gasteiger partial charge in [-0.1, -0.05) is 6.07 Å². The lowest BCUT2D eigenvalue weighted by Crippen LogP contribution is -2.29. The fraction of sp³-hybridized carbons (Fsp3) is 0.462. The van der Waals surface area contributed by atoms with Crippen molar-refractivity contribution < 1.29 is 14.8 Å². The van der Waals surface area contributed by atoms with Crippen LogP contribution in [0.2, 0.25) is 0 Å². The number of carbonyl (C=O) groups is 1. The van der Waals surface area contributed by atoms with Gasteiger partial charge < -0.3 is 10.4 Å². The van der Waals surface area contributed by atoms with Crippen molar-refractivity contribution in [3.8, 4) is 0 Å². The number of amides is 1. The first-order valence-electron chi connectivity index (χ1n) is 6.38.